The number of aliphatic hydroxyl groups is 1. The van der Waals surface area contributed by atoms with Gasteiger partial charge in [-0.3, -0.25) is 0 Å². The summed E-state index contributed by atoms with van der Waals surface area (Å²) in [5.41, 5.74) is 6.22. The van der Waals surface area contributed by atoms with Crippen molar-refractivity contribution in [2.45, 2.75) is 44.2 Å². The number of rotatable bonds is 3. The second kappa shape index (κ2) is 7.08. The van der Waals surface area contributed by atoms with E-state index in [4.69, 9.17) is 10.8 Å². The SMILES string of the molecule is Cl.N[C@@H](c1ccc(O)cc1F)[C@H](O)C1CCCCC1. The first-order valence-corrected chi connectivity index (χ1v) is 6.51. The van der Waals surface area contributed by atoms with Gasteiger partial charge in [0.25, 0.3) is 0 Å². The number of phenolic OH excluding ortho intramolecular Hbond substituents is 1. The lowest BCUT2D eigenvalue weighted by atomic mass is 9.81. The molecule has 0 saturated heterocycles. The molecule has 19 heavy (non-hydrogen) atoms. The minimum atomic E-state index is -0.728. The van der Waals surface area contributed by atoms with Crippen LogP contribution in [0, 0.1) is 11.7 Å². The second-order valence-corrected chi connectivity index (χ2v) is 5.12. The second-order valence-electron chi connectivity index (χ2n) is 5.12. The number of aliphatic hydroxyl groups excluding tert-OH is 1. The van der Waals surface area contributed by atoms with Gasteiger partial charge in [-0.1, -0.05) is 25.3 Å². The summed E-state index contributed by atoms with van der Waals surface area (Å²) in [4.78, 5) is 0. The van der Waals surface area contributed by atoms with Crippen LogP contribution in [0.2, 0.25) is 0 Å². The van der Waals surface area contributed by atoms with Crippen molar-refractivity contribution in [3.63, 3.8) is 0 Å². The Kier molecular flexibility index (Phi) is 6.04. The molecule has 3 nitrogen and oxygen atoms in total. The molecule has 0 spiro atoms. The van der Waals surface area contributed by atoms with Crippen LogP contribution in [0.3, 0.4) is 0 Å². The van der Waals surface area contributed by atoms with Gasteiger partial charge in [-0.25, -0.2) is 4.39 Å². The van der Waals surface area contributed by atoms with E-state index in [0.717, 1.165) is 31.7 Å². The smallest absolute Gasteiger partial charge is 0.131 e. The third-order valence-electron chi connectivity index (χ3n) is 3.84. The topological polar surface area (TPSA) is 66.5 Å². The first-order chi connectivity index (χ1) is 8.59. The molecule has 1 aromatic rings. The molecule has 2 atom stereocenters. The molecule has 2 rings (SSSR count). The molecule has 1 aromatic carbocycles. The van der Waals surface area contributed by atoms with E-state index in [1.165, 1.54) is 18.6 Å². The van der Waals surface area contributed by atoms with Gasteiger partial charge in [-0.15, -0.1) is 12.4 Å². The number of phenols is 1. The highest BCUT2D eigenvalue weighted by Gasteiger charge is 2.29. The van der Waals surface area contributed by atoms with E-state index in [0.29, 0.717) is 0 Å². The Morgan fingerprint density at radius 3 is 2.42 bits per heavy atom. The Balaban J connectivity index is 0.00000180. The zero-order valence-electron chi connectivity index (χ0n) is 10.8. The summed E-state index contributed by atoms with van der Waals surface area (Å²) in [6.07, 6.45) is 4.60. The summed E-state index contributed by atoms with van der Waals surface area (Å²) in [6.45, 7) is 0. The van der Waals surface area contributed by atoms with Gasteiger partial charge in [-0.05, 0) is 24.8 Å². The highest BCUT2D eigenvalue weighted by Crippen LogP contribution is 2.32. The lowest BCUT2D eigenvalue weighted by Crippen LogP contribution is -2.34. The Bertz CT molecular complexity index is 410. The Hall–Kier alpha value is -0.840. The summed E-state index contributed by atoms with van der Waals surface area (Å²) >= 11 is 0. The summed E-state index contributed by atoms with van der Waals surface area (Å²) in [7, 11) is 0. The van der Waals surface area contributed by atoms with Crippen LogP contribution in [0.15, 0.2) is 18.2 Å². The van der Waals surface area contributed by atoms with Crippen molar-refractivity contribution in [3.05, 3.63) is 29.6 Å². The molecule has 108 valence electrons. The lowest BCUT2D eigenvalue weighted by molar-refractivity contribution is 0.0607. The fourth-order valence-corrected chi connectivity index (χ4v) is 2.74. The lowest BCUT2D eigenvalue weighted by Gasteiger charge is -2.30. The van der Waals surface area contributed by atoms with Crippen LogP contribution in [0.25, 0.3) is 0 Å². The highest BCUT2D eigenvalue weighted by molar-refractivity contribution is 5.85. The minimum absolute atomic E-state index is 0. The quantitative estimate of drug-likeness (QED) is 0.801. The third-order valence-corrected chi connectivity index (χ3v) is 3.84. The monoisotopic (exact) mass is 289 g/mol. The van der Waals surface area contributed by atoms with Gasteiger partial charge >= 0.3 is 0 Å². The predicted octanol–water partition coefficient (Wildman–Crippen LogP) is 2.89. The van der Waals surface area contributed by atoms with E-state index in [9.17, 15) is 9.50 Å². The minimum Gasteiger partial charge on any atom is -0.508 e. The first-order valence-electron chi connectivity index (χ1n) is 6.51. The van der Waals surface area contributed by atoms with Gasteiger partial charge in [0.05, 0.1) is 12.1 Å². The number of hydrogen-bond acceptors (Lipinski definition) is 3. The molecule has 0 heterocycles. The molecular formula is C14H21ClFNO2. The molecule has 0 radical (unpaired) electrons. The molecule has 0 aliphatic heterocycles. The molecule has 0 amide bonds. The van der Waals surface area contributed by atoms with Crippen LogP contribution in [0.5, 0.6) is 5.75 Å². The van der Waals surface area contributed by atoms with Gasteiger partial charge in [0, 0.05) is 11.6 Å². The molecule has 1 fully saturated rings. The maximum absolute atomic E-state index is 13.7. The zero-order valence-corrected chi connectivity index (χ0v) is 11.6. The molecule has 5 heteroatoms. The van der Waals surface area contributed by atoms with Crippen molar-refractivity contribution in [2.24, 2.45) is 11.7 Å². The van der Waals surface area contributed by atoms with Crippen molar-refractivity contribution in [2.75, 3.05) is 0 Å². The number of hydrogen-bond donors (Lipinski definition) is 3. The standard InChI is InChI=1S/C14H20FNO2.ClH/c15-12-8-10(17)6-7-11(12)13(16)14(18)9-4-2-1-3-5-9;/h6-9,13-14,17-18H,1-5,16H2;1H/t13-,14+;/m0./s1. The molecule has 1 aliphatic carbocycles. The Morgan fingerprint density at radius 2 is 1.84 bits per heavy atom. The number of nitrogens with two attached hydrogens (primary N) is 1. The summed E-state index contributed by atoms with van der Waals surface area (Å²) < 4.78 is 13.7. The van der Waals surface area contributed by atoms with Gasteiger partial charge in [0.2, 0.25) is 0 Å². The number of halogens is 2. The van der Waals surface area contributed by atoms with Crippen molar-refractivity contribution in [3.8, 4) is 5.75 Å². The molecule has 4 N–H and O–H groups in total. The summed E-state index contributed by atoms with van der Waals surface area (Å²) in [5.74, 6) is -0.532. The fourth-order valence-electron chi connectivity index (χ4n) is 2.74. The van der Waals surface area contributed by atoms with Gasteiger partial charge in [0.15, 0.2) is 0 Å². The predicted molar refractivity (Wildman–Crippen MR) is 74.8 cm³/mol. The van der Waals surface area contributed by atoms with E-state index in [1.54, 1.807) is 0 Å². The highest BCUT2D eigenvalue weighted by atomic mass is 35.5. The van der Waals surface area contributed by atoms with E-state index in [-0.39, 0.29) is 29.6 Å². The van der Waals surface area contributed by atoms with Crippen molar-refractivity contribution >= 4 is 12.4 Å². The maximum Gasteiger partial charge on any atom is 0.131 e. The molecule has 0 unspecified atom stereocenters. The van der Waals surface area contributed by atoms with E-state index in [2.05, 4.69) is 0 Å². The van der Waals surface area contributed by atoms with Crippen LogP contribution in [-0.2, 0) is 0 Å². The van der Waals surface area contributed by atoms with Crippen LogP contribution in [0.1, 0.15) is 43.7 Å². The maximum atomic E-state index is 13.7. The Labute approximate surface area is 119 Å². The number of benzene rings is 1. The molecular weight excluding hydrogens is 269 g/mol. The van der Waals surface area contributed by atoms with Gasteiger partial charge in [-0.2, -0.15) is 0 Å². The fraction of sp³-hybridized carbons (Fsp3) is 0.571. The Morgan fingerprint density at radius 1 is 1.21 bits per heavy atom. The van der Waals surface area contributed by atoms with Crippen LogP contribution in [0.4, 0.5) is 4.39 Å². The van der Waals surface area contributed by atoms with Crippen molar-refractivity contribution in [1.82, 2.24) is 0 Å². The van der Waals surface area contributed by atoms with E-state index >= 15 is 0 Å². The molecule has 0 bridgehead atoms. The van der Waals surface area contributed by atoms with Gasteiger partial charge in [0.1, 0.15) is 11.6 Å². The number of aromatic hydroxyl groups is 1. The van der Waals surface area contributed by atoms with Gasteiger partial charge < -0.3 is 15.9 Å². The van der Waals surface area contributed by atoms with E-state index < -0.39 is 18.0 Å². The van der Waals surface area contributed by atoms with Crippen LogP contribution >= 0.6 is 12.4 Å². The molecule has 0 aromatic heterocycles. The summed E-state index contributed by atoms with van der Waals surface area (Å²) in [6, 6.07) is 3.14. The first kappa shape index (κ1) is 16.2. The van der Waals surface area contributed by atoms with Crippen molar-refractivity contribution < 1.29 is 14.6 Å². The molecule has 1 aliphatic rings. The van der Waals surface area contributed by atoms with E-state index in [1.807, 2.05) is 0 Å². The average molecular weight is 290 g/mol. The normalized spacial score (nSPS) is 19.5. The average Bonchev–Trinajstić information content (AvgIpc) is 2.38. The van der Waals surface area contributed by atoms with Crippen LogP contribution in [-0.4, -0.2) is 16.3 Å². The third kappa shape index (κ3) is 3.81. The summed E-state index contributed by atoms with van der Waals surface area (Å²) in [5, 5.41) is 19.4. The van der Waals surface area contributed by atoms with Crippen LogP contribution < -0.4 is 5.73 Å². The van der Waals surface area contributed by atoms with Crippen molar-refractivity contribution in [1.29, 1.82) is 0 Å². The largest absolute Gasteiger partial charge is 0.508 e. The molecule has 1 saturated carbocycles. The zero-order chi connectivity index (χ0) is 13.1.